The van der Waals surface area contributed by atoms with Crippen LogP contribution < -0.4 is 0 Å². The van der Waals surface area contributed by atoms with Crippen molar-refractivity contribution in [2.24, 2.45) is 0 Å². The maximum Gasteiger partial charge on any atom is 0.326 e. The Balaban J connectivity index is 1.98. The van der Waals surface area contributed by atoms with Crippen LogP contribution in [0.3, 0.4) is 0 Å². The van der Waals surface area contributed by atoms with Gasteiger partial charge in [0.25, 0.3) is 5.91 Å². The molecule has 0 saturated carbocycles. The summed E-state index contributed by atoms with van der Waals surface area (Å²) in [6.45, 7) is 0.450. The molecule has 2 N–H and O–H groups in total. The lowest BCUT2D eigenvalue weighted by Crippen LogP contribution is -2.48. The molecule has 0 bridgehead atoms. The van der Waals surface area contributed by atoms with Gasteiger partial charge in [0.1, 0.15) is 23.7 Å². The average molecular weight is 274 g/mol. The van der Waals surface area contributed by atoms with E-state index >= 15 is 0 Å². The maximum absolute atomic E-state index is 12.6. The van der Waals surface area contributed by atoms with E-state index in [2.05, 4.69) is 15.0 Å². The van der Waals surface area contributed by atoms with E-state index in [9.17, 15) is 14.7 Å². The van der Waals surface area contributed by atoms with Crippen molar-refractivity contribution in [1.29, 1.82) is 0 Å². The minimum absolute atomic E-state index is 0.254. The van der Waals surface area contributed by atoms with Crippen molar-refractivity contribution in [1.82, 2.24) is 19.9 Å². The minimum Gasteiger partial charge on any atom is -0.480 e. The van der Waals surface area contributed by atoms with Gasteiger partial charge in [-0.1, -0.05) is 0 Å². The predicted molar refractivity (Wildman–Crippen MR) is 70.2 cm³/mol. The zero-order valence-electron chi connectivity index (χ0n) is 10.7. The molecule has 7 heteroatoms. The molecular formula is C13H14N4O3. The number of nitrogens with one attached hydrogen (secondary N) is 1. The number of carbonyl (C=O) groups excluding carboxylic acids is 1. The number of aliphatic carboxylic acids is 1. The summed E-state index contributed by atoms with van der Waals surface area (Å²) in [5.74, 6) is -1.30. The lowest BCUT2D eigenvalue weighted by atomic mass is 10.0. The maximum atomic E-state index is 12.6. The van der Waals surface area contributed by atoms with E-state index in [0.29, 0.717) is 24.0 Å². The molecule has 7 nitrogen and oxygen atoms in total. The largest absolute Gasteiger partial charge is 0.480 e. The van der Waals surface area contributed by atoms with Crippen LogP contribution in [0.4, 0.5) is 0 Å². The number of nitrogens with zero attached hydrogens (tertiary/aromatic N) is 3. The Kier molecular flexibility index (Phi) is 3.09. The van der Waals surface area contributed by atoms with Crippen LogP contribution in [0.2, 0.25) is 0 Å². The molecule has 0 radical (unpaired) electrons. The summed E-state index contributed by atoms with van der Waals surface area (Å²) in [6, 6.07) is 0.961. The van der Waals surface area contributed by atoms with Crippen molar-refractivity contribution in [3.05, 3.63) is 24.3 Å². The number of carbonyl (C=O) groups is 2. The fourth-order valence-electron chi connectivity index (χ4n) is 2.61. The molecule has 2 aromatic rings. The normalized spacial score (nSPS) is 19.2. The second-order valence-electron chi connectivity index (χ2n) is 4.81. The molecule has 1 aliphatic rings. The van der Waals surface area contributed by atoms with Crippen LogP contribution in [0.5, 0.6) is 0 Å². The molecule has 2 aromatic heterocycles. The number of hydrogen-bond donors (Lipinski definition) is 2. The SMILES string of the molecule is O=C(O)C1CCCCN1C(=O)c1ncnc2[nH]ccc12. The highest BCUT2D eigenvalue weighted by Crippen LogP contribution is 2.22. The Morgan fingerprint density at radius 2 is 2.20 bits per heavy atom. The van der Waals surface area contributed by atoms with Crippen molar-refractivity contribution in [2.75, 3.05) is 6.54 Å². The zero-order chi connectivity index (χ0) is 14.1. The van der Waals surface area contributed by atoms with Crippen molar-refractivity contribution in [2.45, 2.75) is 25.3 Å². The summed E-state index contributed by atoms with van der Waals surface area (Å²) in [7, 11) is 0. The van der Waals surface area contributed by atoms with Gasteiger partial charge in [-0.15, -0.1) is 0 Å². The molecule has 0 aliphatic carbocycles. The predicted octanol–water partition coefficient (Wildman–Crippen LogP) is 1.04. The zero-order valence-corrected chi connectivity index (χ0v) is 10.7. The minimum atomic E-state index is -0.961. The smallest absolute Gasteiger partial charge is 0.326 e. The second-order valence-corrected chi connectivity index (χ2v) is 4.81. The van der Waals surface area contributed by atoms with E-state index in [-0.39, 0.29) is 11.6 Å². The summed E-state index contributed by atoms with van der Waals surface area (Å²) in [6.07, 6.45) is 5.12. The number of fused-ring (bicyclic) bond motifs is 1. The lowest BCUT2D eigenvalue weighted by molar-refractivity contribution is -0.143. The summed E-state index contributed by atoms with van der Waals surface area (Å²) in [5.41, 5.74) is 0.830. The Morgan fingerprint density at radius 1 is 1.35 bits per heavy atom. The molecular weight excluding hydrogens is 260 g/mol. The molecule has 3 heterocycles. The standard InChI is InChI=1S/C13H14N4O3/c18-12(17-6-2-1-3-9(17)13(19)20)10-8-4-5-14-11(8)16-7-15-10/h4-5,7,9H,1-3,6H2,(H,19,20)(H,14,15,16). The molecule has 1 unspecified atom stereocenters. The van der Waals surface area contributed by atoms with Gasteiger partial charge in [0, 0.05) is 12.7 Å². The van der Waals surface area contributed by atoms with E-state index in [1.165, 1.54) is 11.2 Å². The third-order valence-corrected chi connectivity index (χ3v) is 3.61. The van der Waals surface area contributed by atoms with E-state index in [1.54, 1.807) is 12.3 Å². The van der Waals surface area contributed by atoms with Crippen LogP contribution in [0.15, 0.2) is 18.6 Å². The molecule has 1 amide bonds. The van der Waals surface area contributed by atoms with Gasteiger partial charge in [0.2, 0.25) is 0 Å². The number of carboxylic acid groups (broad SMARTS) is 1. The molecule has 20 heavy (non-hydrogen) atoms. The topological polar surface area (TPSA) is 99.2 Å². The van der Waals surface area contributed by atoms with Crippen LogP contribution in [-0.4, -0.2) is 49.4 Å². The van der Waals surface area contributed by atoms with Crippen LogP contribution in [-0.2, 0) is 4.79 Å². The number of hydrogen-bond acceptors (Lipinski definition) is 4. The van der Waals surface area contributed by atoms with Gasteiger partial charge in [-0.25, -0.2) is 14.8 Å². The second kappa shape index (κ2) is 4.92. The third-order valence-electron chi connectivity index (χ3n) is 3.61. The molecule has 0 aromatic carbocycles. The molecule has 1 saturated heterocycles. The fraction of sp³-hybridized carbons (Fsp3) is 0.385. The summed E-state index contributed by atoms with van der Waals surface area (Å²) >= 11 is 0. The van der Waals surface area contributed by atoms with Crippen LogP contribution >= 0.6 is 0 Å². The fourth-order valence-corrected chi connectivity index (χ4v) is 2.61. The monoisotopic (exact) mass is 274 g/mol. The van der Waals surface area contributed by atoms with Crippen LogP contribution in [0, 0.1) is 0 Å². The molecule has 1 aliphatic heterocycles. The van der Waals surface area contributed by atoms with E-state index < -0.39 is 12.0 Å². The highest BCUT2D eigenvalue weighted by atomic mass is 16.4. The Hall–Kier alpha value is -2.44. The molecule has 3 rings (SSSR count). The number of H-pyrrole nitrogens is 1. The van der Waals surface area contributed by atoms with Crippen molar-refractivity contribution < 1.29 is 14.7 Å². The van der Waals surface area contributed by atoms with E-state index in [1.807, 2.05) is 0 Å². The van der Waals surface area contributed by atoms with Crippen molar-refractivity contribution in [3.8, 4) is 0 Å². The highest BCUT2D eigenvalue weighted by molar-refractivity contribution is 6.04. The van der Waals surface area contributed by atoms with Gasteiger partial charge < -0.3 is 15.0 Å². The first-order valence-electron chi connectivity index (χ1n) is 6.50. The molecule has 0 spiro atoms. The molecule has 1 atom stereocenters. The molecule has 104 valence electrons. The quantitative estimate of drug-likeness (QED) is 0.852. The Morgan fingerprint density at radius 3 is 3.00 bits per heavy atom. The number of rotatable bonds is 2. The molecule has 1 fully saturated rings. The van der Waals surface area contributed by atoms with Gasteiger partial charge in [-0.3, -0.25) is 4.79 Å². The third kappa shape index (κ3) is 2.01. The van der Waals surface area contributed by atoms with Crippen LogP contribution in [0.1, 0.15) is 29.8 Å². The first-order chi connectivity index (χ1) is 9.68. The first kappa shape index (κ1) is 12.6. The number of amides is 1. The summed E-state index contributed by atoms with van der Waals surface area (Å²) in [5, 5.41) is 9.86. The Bertz CT molecular complexity index is 666. The van der Waals surface area contributed by atoms with Gasteiger partial charge in [-0.05, 0) is 25.3 Å². The van der Waals surface area contributed by atoms with Crippen LogP contribution in [0.25, 0.3) is 11.0 Å². The summed E-state index contributed by atoms with van der Waals surface area (Å²) < 4.78 is 0. The van der Waals surface area contributed by atoms with Crippen molar-refractivity contribution >= 4 is 22.9 Å². The Labute approximate surface area is 114 Å². The number of likely N-dealkylation sites (tertiary alicyclic amines) is 1. The lowest BCUT2D eigenvalue weighted by Gasteiger charge is -2.32. The van der Waals surface area contributed by atoms with Gasteiger partial charge in [0.05, 0.1) is 5.39 Å². The highest BCUT2D eigenvalue weighted by Gasteiger charge is 2.33. The summed E-state index contributed by atoms with van der Waals surface area (Å²) in [4.78, 5) is 36.2. The number of aromatic nitrogens is 3. The number of piperidine rings is 1. The van der Waals surface area contributed by atoms with Gasteiger partial charge >= 0.3 is 5.97 Å². The van der Waals surface area contributed by atoms with E-state index in [4.69, 9.17) is 0 Å². The number of carboxylic acids is 1. The first-order valence-corrected chi connectivity index (χ1v) is 6.50. The average Bonchev–Trinajstić information content (AvgIpc) is 2.94. The van der Waals surface area contributed by atoms with Gasteiger partial charge in [-0.2, -0.15) is 0 Å². The number of aromatic amines is 1. The van der Waals surface area contributed by atoms with E-state index in [0.717, 1.165) is 12.8 Å². The van der Waals surface area contributed by atoms with Crippen molar-refractivity contribution in [3.63, 3.8) is 0 Å². The van der Waals surface area contributed by atoms with Gasteiger partial charge in [0.15, 0.2) is 0 Å².